The van der Waals surface area contributed by atoms with Crippen molar-refractivity contribution < 1.29 is 19.1 Å². The van der Waals surface area contributed by atoms with Gasteiger partial charge in [0.2, 0.25) is 5.91 Å². The van der Waals surface area contributed by atoms with Gasteiger partial charge in [0.25, 0.3) is 0 Å². The van der Waals surface area contributed by atoms with Crippen molar-refractivity contribution in [1.82, 2.24) is 14.7 Å². The Labute approximate surface area is 160 Å². The second-order valence-corrected chi connectivity index (χ2v) is 8.00. The summed E-state index contributed by atoms with van der Waals surface area (Å²) in [5.41, 5.74) is 0.374. The topological polar surface area (TPSA) is 70.2 Å². The summed E-state index contributed by atoms with van der Waals surface area (Å²) < 4.78 is 5.41. The van der Waals surface area contributed by atoms with E-state index in [1.165, 1.54) is 4.90 Å². The van der Waals surface area contributed by atoms with Crippen LogP contribution in [0.25, 0.3) is 0 Å². The molecule has 0 N–H and O–H groups in total. The minimum Gasteiger partial charge on any atom is -0.458 e. The highest BCUT2D eigenvalue weighted by molar-refractivity contribution is 6.03. The van der Waals surface area contributed by atoms with Gasteiger partial charge in [0.15, 0.2) is 6.04 Å². The standard InChI is InChI=1S/C20H29N3O4/c1-14(21(5)12-15-10-8-7-9-11-15)17(24)23-16(13-22(6)19(23)26)18(25)27-20(2,3)4/h7-11,14,16H,12-13H2,1-6H3/t14-,16-/m0/s1. The van der Waals surface area contributed by atoms with Crippen LogP contribution in [0.3, 0.4) is 0 Å². The average Bonchev–Trinajstić information content (AvgIpc) is 2.88. The van der Waals surface area contributed by atoms with E-state index >= 15 is 0 Å². The maximum Gasteiger partial charge on any atom is 0.331 e. The lowest BCUT2D eigenvalue weighted by Gasteiger charge is -2.30. The number of rotatable bonds is 5. The van der Waals surface area contributed by atoms with Crippen LogP contribution in [0.1, 0.15) is 33.3 Å². The molecule has 0 radical (unpaired) electrons. The van der Waals surface area contributed by atoms with Gasteiger partial charge in [0.05, 0.1) is 12.6 Å². The van der Waals surface area contributed by atoms with Crippen LogP contribution in [0.2, 0.25) is 0 Å². The van der Waals surface area contributed by atoms with E-state index in [0.29, 0.717) is 6.54 Å². The van der Waals surface area contributed by atoms with Crippen LogP contribution in [0.5, 0.6) is 0 Å². The van der Waals surface area contributed by atoms with Crippen LogP contribution >= 0.6 is 0 Å². The number of carbonyl (C=O) groups excluding carboxylic acids is 3. The van der Waals surface area contributed by atoms with E-state index in [9.17, 15) is 14.4 Å². The molecule has 148 valence electrons. The molecule has 1 fully saturated rings. The number of hydrogen-bond donors (Lipinski definition) is 0. The maximum absolute atomic E-state index is 13.0. The summed E-state index contributed by atoms with van der Waals surface area (Å²) in [6.07, 6.45) is 0. The SMILES string of the molecule is C[C@@H](C(=O)N1C(=O)N(C)C[C@H]1C(=O)OC(C)(C)C)N(C)Cc1ccccc1. The fourth-order valence-electron chi connectivity index (χ4n) is 2.93. The van der Waals surface area contributed by atoms with Crippen molar-refractivity contribution >= 4 is 17.9 Å². The largest absolute Gasteiger partial charge is 0.458 e. The third kappa shape index (κ3) is 5.07. The first-order valence-electron chi connectivity index (χ1n) is 9.06. The quantitative estimate of drug-likeness (QED) is 0.737. The second kappa shape index (κ2) is 8.08. The van der Waals surface area contributed by atoms with Crippen molar-refractivity contribution in [3.05, 3.63) is 35.9 Å². The smallest absolute Gasteiger partial charge is 0.331 e. The lowest BCUT2D eigenvalue weighted by molar-refractivity contribution is -0.162. The van der Waals surface area contributed by atoms with Crippen LogP contribution in [0, 0.1) is 0 Å². The minimum absolute atomic E-state index is 0.134. The molecule has 3 amide bonds. The first-order valence-corrected chi connectivity index (χ1v) is 9.06. The fourth-order valence-corrected chi connectivity index (χ4v) is 2.93. The lowest BCUT2D eigenvalue weighted by Crippen LogP contribution is -2.52. The van der Waals surface area contributed by atoms with Crippen LogP contribution in [0.4, 0.5) is 4.79 Å². The van der Waals surface area contributed by atoms with Gasteiger partial charge >= 0.3 is 12.0 Å². The van der Waals surface area contributed by atoms with Gasteiger partial charge < -0.3 is 9.64 Å². The summed E-state index contributed by atoms with van der Waals surface area (Å²) in [5, 5.41) is 0. The van der Waals surface area contributed by atoms with Gasteiger partial charge in [-0.25, -0.2) is 14.5 Å². The van der Waals surface area contributed by atoms with Crippen molar-refractivity contribution in [2.24, 2.45) is 0 Å². The Kier molecular flexibility index (Phi) is 6.26. The fraction of sp³-hybridized carbons (Fsp3) is 0.550. The van der Waals surface area contributed by atoms with Gasteiger partial charge in [0.1, 0.15) is 5.60 Å². The predicted octanol–water partition coefficient (Wildman–Crippen LogP) is 2.11. The molecule has 7 nitrogen and oxygen atoms in total. The number of amides is 3. The molecule has 1 aliphatic rings. The normalized spacial score (nSPS) is 18.8. The van der Waals surface area contributed by atoms with Crippen molar-refractivity contribution in [3.63, 3.8) is 0 Å². The molecule has 7 heteroatoms. The maximum atomic E-state index is 13.0. The number of hydrogen-bond acceptors (Lipinski definition) is 5. The number of benzene rings is 1. The predicted molar refractivity (Wildman–Crippen MR) is 102 cm³/mol. The van der Waals surface area contributed by atoms with Crippen LogP contribution < -0.4 is 0 Å². The van der Waals surface area contributed by atoms with Gasteiger partial charge in [-0.3, -0.25) is 9.69 Å². The van der Waals surface area contributed by atoms with E-state index in [1.54, 1.807) is 34.7 Å². The van der Waals surface area contributed by atoms with Crippen molar-refractivity contribution in [3.8, 4) is 0 Å². The molecule has 2 atom stereocenters. The van der Waals surface area contributed by atoms with Crippen LogP contribution in [-0.2, 0) is 20.9 Å². The first kappa shape index (κ1) is 20.9. The summed E-state index contributed by atoms with van der Waals surface area (Å²) in [6, 6.07) is 7.80. The molecule has 0 aliphatic carbocycles. The number of urea groups is 1. The summed E-state index contributed by atoms with van der Waals surface area (Å²) in [7, 11) is 3.40. The van der Waals surface area contributed by atoms with Gasteiger partial charge in [-0.1, -0.05) is 30.3 Å². The summed E-state index contributed by atoms with van der Waals surface area (Å²) in [6.45, 7) is 7.70. The highest BCUT2D eigenvalue weighted by atomic mass is 16.6. The second-order valence-electron chi connectivity index (χ2n) is 8.00. The van der Waals surface area contributed by atoms with Gasteiger partial charge in [-0.2, -0.15) is 0 Å². The molecule has 1 aromatic rings. The Morgan fingerprint density at radius 3 is 2.41 bits per heavy atom. The third-order valence-electron chi connectivity index (χ3n) is 4.50. The summed E-state index contributed by atoms with van der Waals surface area (Å²) in [5.74, 6) is -0.967. The minimum atomic E-state index is -0.929. The van der Waals surface area contributed by atoms with E-state index in [-0.39, 0.29) is 6.54 Å². The van der Waals surface area contributed by atoms with Gasteiger partial charge in [-0.15, -0.1) is 0 Å². The molecule has 1 aromatic carbocycles. The van der Waals surface area contributed by atoms with Crippen molar-refractivity contribution in [2.75, 3.05) is 20.6 Å². The molecule has 0 spiro atoms. The molecule has 1 saturated heterocycles. The molecule has 0 unspecified atom stereocenters. The van der Waals surface area contributed by atoms with Gasteiger partial charge in [-0.05, 0) is 40.3 Å². The number of nitrogens with zero attached hydrogens (tertiary/aromatic N) is 3. The summed E-state index contributed by atoms with van der Waals surface area (Å²) in [4.78, 5) is 42.4. The Balaban J connectivity index is 2.15. The molecule has 2 rings (SSSR count). The Bertz CT molecular complexity index is 699. The zero-order chi connectivity index (χ0) is 20.4. The zero-order valence-corrected chi connectivity index (χ0v) is 16.9. The zero-order valence-electron chi connectivity index (χ0n) is 16.9. The lowest BCUT2D eigenvalue weighted by atomic mass is 10.1. The molecule has 0 aromatic heterocycles. The highest BCUT2D eigenvalue weighted by Crippen LogP contribution is 2.21. The number of imide groups is 1. The van der Waals surface area contributed by atoms with Crippen LogP contribution in [-0.4, -0.2) is 70.9 Å². The Hall–Kier alpha value is -2.41. The molecule has 1 aliphatic heterocycles. The van der Waals surface area contributed by atoms with E-state index in [4.69, 9.17) is 4.74 Å². The average molecular weight is 375 g/mol. The number of esters is 1. The molecule has 1 heterocycles. The van der Waals surface area contributed by atoms with E-state index < -0.39 is 35.6 Å². The van der Waals surface area contributed by atoms with Crippen LogP contribution in [0.15, 0.2) is 30.3 Å². The van der Waals surface area contributed by atoms with Crippen molar-refractivity contribution in [2.45, 2.75) is 51.9 Å². The number of carbonyl (C=O) groups is 3. The van der Waals surface area contributed by atoms with E-state index in [2.05, 4.69) is 0 Å². The molecular formula is C20H29N3O4. The highest BCUT2D eigenvalue weighted by Gasteiger charge is 2.46. The van der Waals surface area contributed by atoms with E-state index in [1.807, 2.05) is 42.3 Å². The molecule has 0 bridgehead atoms. The number of ether oxygens (including phenoxy) is 1. The molecular weight excluding hydrogens is 346 g/mol. The Morgan fingerprint density at radius 1 is 1.26 bits per heavy atom. The number of likely N-dealkylation sites (N-methyl/N-ethyl adjacent to an activating group) is 2. The monoisotopic (exact) mass is 375 g/mol. The Morgan fingerprint density at radius 2 is 1.85 bits per heavy atom. The van der Waals surface area contributed by atoms with Crippen molar-refractivity contribution in [1.29, 1.82) is 0 Å². The van der Waals surface area contributed by atoms with Gasteiger partial charge in [0, 0.05) is 13.6 Å². The third-order valence-corrected chi connectivity index (χ3v) is 4.50. The first-order chi connectivity index (χ1) is 12.5. The van der Waals surface area contributed by atoms with E-state index in [0.717, 1.165) is 10.5 Å². The summed E-state index contributed by atoms with van der Waals surface area (Å²) >= 11 is 0. The molecule has 0 saturated carbocycles. The molecule has 27 heavy (non-hydrogen) atoms.